The van der Waals surface area contributed by atoms with Gasteiger partial charge in [-0.2, -0.15) is 5.10 Å². The lowest BCUT2D eigenvalue weighted by molar-refractivity contribution is 0.0496. The minimum absolute atomic E-state index is 0.0139. The summed E-state index contributed by atoms with van der Waals surface area (Å²) in [5.74, 6) is 1.43. The molecular weight excluding hydrogens is 192 g/mol. The summed E-state index contributed by atoms with van der Waals surface area (Å²) in [6.07, 6.45) is 2.01. The molecule has 1 aromatic rings. The number of rotatable bonds is 6. The molecule has 0 aliphatic heterocycles. The van der Waals surface area contributed by atoms with Gasteiger partial charge in [0.2, 0.25) is 0 Å². The first-order valence-corrected chi connectivity index (χ1v) is 5.48. The molecule has 1 rings (SSSR count). The zero-order valence-electron chi connectivity index (χ0n) is 9.66. The van der Waals surface area contributed by atoms with E-state index in [-0.39, 0.29) is 12.1 Å². The first-order valence-electron chi connectivity index (χ1n) is 5.48. The second-order valence-electron chi connectivity index (χ2n) is 3.60. The Kier molecular flexibility index (Phi) is 4.71. The molecule has 3 N–H and O–H groups in total. The molecule has 0 fully saturated rings. The lowest BCUT2D eigenvalue weighted by atomic mass is 10.2. The monoisotopic (exact) mass is 212 g/mol. The summed E-state index contributed by atoms with van der Waals surface area (Å²) >= 11 is 0. The highest BCUT2D eigenvalue weighted by molar-refractivity contribution is 4.97. The van der Waals surface area contributed by atoms with E-state index in [0.717, 1.165) is 18.7 Å². The van der Waals surface area contributed by atoms with Crippen LogP contribution in [0.5, 0.6) is 0 Å². The highest BCUT2D eigenvalue weighted by Crippen LogP contribution is 2.19. The maximum Gasteiger partial charge on any atom is 0.167 e. The van der Waals surface area contributed by atoms with Crippen LogP contribution in [0.25, 0.3) is 0 Å². The van der Waals surface area contributed by atoms with Crippen molar-refractivity contribution in [1.82, 2.24) is 15.2 Å². The smallest absolute Gasteiger partial charge is 0.167 e. The van der Waals surface area contributed by atoms with Gasteiger partial charge in [-0.3, -0.25) is 5.10 Å². The van der Waals surface area contributed by atoms with Gasteiger partial charge in [0.05, 0.1) is 6.04 Å². The number of H-pyrrole nitrogens is 1. The molecule has 5 heteroatoms. The molecule has 0 saturated carbocycles. The summed E-state index contributed by atoms with van der Waals surface area (Å²) < 4.78 is 5.59. The predicted octanol–water partition coefficient (Wildman–Crippen LogP) is 1.70. The second-order valence-corrected chi connectivity index (χ2v) is 3.60. The Hall–Kier alpha value is -0.940. The van der Waals surface area contributed by atoms with E-state index in [1.807, 2.05) is 13.8 Å². The highest BCUT2D eigenvalue weighted by Gasteiger charge is 2.16. The molecule has 0 radical (unpaired) electrons. The third-order valence-corrected chi connectivity index (χ3v) is 2.15. The molecule has 0 bridgehead atoms. The Bertz CT molecular complexity index is 279. The average Bonchev–Trinajstić information content (AvgIpc) is 2.66. The molecule has 1 heterocycles. The molecule has 5 nitrogen and oxygen atoms in total. The Labute approximate surface area is 90.4 Å². The molecule has 0 spiro atoms. The van der Waals surface area contributed by atoms with Crippen LogP contribution in [-0.4, -0.2) is 21.8 Å². The van der Waals surface area contributed by atoms with Crippen molar-refractivity contribution in [3.05, 3.63) is 11.6 Å². The van der Waals surface area contributed by atoms with Gasteiger partial charge in [-0.15, -0.1) is 0 Å². The van der Waals surface area contributed by atoms with Crippen LogP contribution in [-0.2, 0) is 4.74 Å². The molecule has 15 heavy (non-hydrogen) atoms. The number of aromatic nitrogens is 3. The lowest BCUT2D eigenvalue weighted by Crippen LogP contribution is -2.08. The van der Waals surface area contributed by atoms with E-state index in [9.17, 15) is 0 Å². The van der Waals surface area contributed by atoms with Crippen LogP contribution in [0.2, 0.25) is 0 Å². The first-order chi connectivity index (χ1) is 7.19. The number of ether oxygens (including phenoxy) is 1. The van der Waals surface area contributed by atoms with Crippen LogP contribution in [0.3, 0.4) is 0 Å². The van der Waals surface area contributed by atoms with Gasteiger partial charge in [0.15, 0.2) is 11.6 Å². The molecule has 2 unspecified atom stereocenters. The van der Waals surface area contributed by atoms with E-state index in [1.165, 1.54) is 0 Å². The largest absolute Gasteiger partial charge is 0.371 e. The molecule has 0 aliphatic carbocycles. The van der Waals surface area contributed by atoms with Crippen LogP contribution < -0.4 is 5.73 Å². The van der Waals surface area contributed by atoms with E-state index in [1.54, 1.807) is 0 Å². The SMILES string of the molecule is CCCC(OCC)c1nc(C(C)N)n[nH]1. The van der Waals surface area contributed by atoms with Crippen molar-refractivity contribution in [1.29, 1.82) is 0 Å². The average molecular weight is 212 g/mol. The Morgan fingerprint density at radius 3 is 2.67 bits per heavy atom. The third-order valence-electron chi connectivity index (χ3n) is 2.15. The van der Waals surface area contributed by atoms with E-state index in [4.69, 9.17) is 10.5 Å². The van der Waals surface area contributed by atoms with Crippen molar-refractivity contribution in [3.8, 4) is 0 Å². The van der Waals surface area contributed by atoms with E-state index in [2.05, 4.69) is 22.1 Å². The van der Waals surface area contributed by atoms with Crippen LogP contribution in [0.1, 0.15) is 57.4 Å². The van der Waals surface area contributed by atoms with Crippen molar-refractivity contribution >= 4 is 0 Å². The van der Waals surface area contributed by atoms with Gasteiger partial charge in [-0.1, -0.05) is 13.3 Å². The minimum Gasteiger partial charge on any atom is -0.371 e. The molecule has 86 valence electrons. The number of hydrogen-bond acceptors (Lipinski definition) is 4. The standard InChI is InChI=1S/C10H20N4O/c1-4-6-8(15-5-2)10-12-9(7(3)11)13-14-10/h7-8H,4-6,11H2,1-3H3,(H,12,13,14). The van der Waals surface area contributed by atoms with Gasteiger partial charge < -0.3 is 10.5 Å². The second kappa shape index (κ2) is 5.82. The van der Waals surface area contributed by atoms with E-state index in [0.29, 0.717) is 12.4 Å². The fourth-order valence-electron chi connectivity index (χ4n) is 1.40. The van der Waals surface area contributed by atoms with Crippen molar-refractivity contribution < 1.29 is 4.74 Å². The number of hydrogen-bond donors (Lipinski definition) is 2. The van der Waals surface area contributed by atoms with Crippen molar-refractivity contribution in [2.45, 2.75) is 45.8 Å². The van der Waals surface area contributed by atoms with Crippen LogP contribution >= 0.6 is 0 Å². The molecular formula is C10H20N4O. The summed E-state index contributed by atoms with van der Waals surface area (Å²) in [6.45, 7) is 6.64. The highest BCUT2D eigenvalue weighted by atomic mass is 16.5. The van der Waals surface area contributed by atoms with Gasteiger partial charge in [0, 0.05) is 6.61 Å². The Morgan fingerprint density at radius 1 is 1.47 bits per heavy atom. The number of aromatic amines is 1. The summed E-state index contributed by atoms with van der Waals surface area (Å²) in [4.78, 5) is 4.33. The normalized spacial score (nSPS) is 15.2. The maximum atomic E-state index is 5.69. The molecule has 1 aromatic heterocycles. The number of nitrogens with one attached hydrogen (secondary N) is 1. The van der Waals surface area contributed by atoms with E-state index >= 15 is 0 Å². The van der Waals surface area contributed by atoms with Crippen LogP contribution in [0.4, 0.5) is 0 Å². The summed E-state index contributed by atoms with van der Waals surface area (Å²) in [5.41, 5.74) is 5.69. The van der Waals surface area contributed by atoms with Gasteiger partial charge in [0.25, 0.3) is 0 Å². The van der Waals surface area contributed by atoms with Crippen molar-refractivity contribution in [2.24, 2.45) is 5.73 Å². The fourth-order valence-corrected chi connectivity index (χ4v) is 1.40. The molecule has 0 amide bonds. The predicted molar refractivity (Wildman–Crippen MR) is 58.3 cm³/mol. The van der Waals surface area contributed by atoms with Crippen molar-refractivity contribution in [2.75, 3.05) is 6.61 Å². The zero-order valence-corrected chi connectivity index (χ0v) is 9.66. The van der Waals surface area contributed by atoms with Gasteiger partial charge in [0.1, 0.15) is 6.10 Å². The Balaban J connectivity index is 2.72. The van der Waals surface area contributed by atoms with E-state index < -0.39 is 0 Å². The van der Waals surface area contributed by atoms with Gasteiger partial charge in [-0.25, -0.2) is 4.98 Å². The Morgan fingerprint density at radius 2 is 2.20 bits per heavy atom. The summed E-state index contributed by atoms with van der Waals surface area (Å²) in [5, 5.41) is 6.95. The zero-order chi connectivity index (χ0) is 11.3. The molecule has 2 atom stereocenters. The maximum absolute atomic E-state index is 5.69. The fraction of sp³-hybridized carbons (Fsp3) is 0.800. The lowest BCUT2D eigenvalue weighted by Gasteiger charge is -2.12. The molecule has 0 aromatic carbocycles. The van der Waals surface area contributed by atoms with Crippen molar-refractivity contribution in [3.63, 3.8) is 0 Å². The summed E-state index contributed by atoms with van der Waals surface area (Å²) in [6, 6.07) is -0.140. The number of nitrogens with zero attached hydrogens (tertiary/aromatic N) is 2. The van der Waals surface area contributed by atoms with Gasteiger partial charge >= 0.3 is 0 Å². The minimum atomic E-state index is -0.140. The third kappa shape index (κ3) is 3.28. The molecule has 0 saturated heterocycles. The quantitative estimate of drug-likeness (QED) is 0.752. The topological polar surface area (TPSA) is 76.8 Å². The summed E-state index contributed by atoms with van der Waals surface area (Å²) in [7, 11) is 0. The van der Waals surface area contributed by atoms with Crippen LogP contribution in [0.15, 0.2) is 0 Å². The van der Waals surface area contributed by atoms with Gasteiger partial charge in [-0.05, 0) is 20.3 Å². The first kappa shape index (κ1) is 12.1. The van der Waals surface area contributed by atoms with Crippen LogP contribution in [0, 0.1) is 0 Å². The number of nitrogens with two attached hydrogens (primary N) is 1. The molecule has 0 aliphatic rings.